The predicted octanol–water partition coefficient (Wildman–Crippen LogP) is 3.12. The fourth-order valence-corrected chi connectivity index (χ4v) is 2.42. The molecule has 0 saturated carbocycles. The van der Waals surface area contributed by atoms with E-state index in [9.17, 15) is 8.78 Å². The van der Waals surface area contributed by atoms with E-state index in [1.54, 1.807) is 6.20 Å². The molecule has 102 valence electrons. The first-order chi connectivity index (χ1) is 9.10. The molecule has 3 nitrogen and oxygen atoms in total. The topological polar surface area (TPSA) is 54.7 Å². The molecule has 1 unspecified atom stereocenters. The average molecular weight is 283 g/mol. The largest absolute Gasteiger partial charge is 0.339 e. The van der Waals surface area contributed by atoms with Crippen LogP contribution in [0.2, 0.25) is 0 Å². The lowest BCUT2D eigenvalue weighted by atomic mass is 10.0. The lowest BCUT2D eigenvalue weighted by Crippen LogP contribution is -2.21. The summed E-state index contributed by atoms with van der Waals surface area (Å²) in [5, 5.41) is 0.454. The standard InChI is InChI=1S/C13H15F2N3S/c1-2-9(16)5-8-6-10(14)12(11(15)7-8)19-13-17-3-4-18-13/h3-4,6-7,9H,2,5,16H2,1H3,(H,17,18). The van der Waals surface area contributed by atoms with Gasteiger partial charge in [0.15, 0.2) is 5.16 Å². The van der Waals surface area contributed by atoms with E-state index >= 15 is 0 Å². The van der Waals surface area contributed by atoms with Crippen molar-refractivity contribution in [1.82, 2.24) is 9.97 Å². The number of aromatic amines is 1. The van der Waals surface area contributed by atoms with Gasteiger partial charge >= 0.3 is 0 Å². The molecule has 0 aliphatic heterocycles. The van der Waals surface area contributed by atoms with Crippen LogP contribution in [0.15, 0.2) is 34.6 Å². The SMILES string of the molecule is CCC(N)Cc1cc(F)c(Sc2ncc[nH]2)c(F)c1. The first-order valence-corrected chi connectivity index (χ1v) is 6.82. The maximum Gasteiger partial charge on any atom is 0.170 e. The van der Waals surface area contributed by atoms with Gasteiger partial charge in [-0.1, -0.05) is 6.92 Å². The van der Waals surface area contributed by atoms with E-state index in [1.807, 2.05) is 6.92 Å². The highest BCUT2D eigenvalue weighted by atomic mass is 32.2. The van der Waals surface area contributed by atoms with Crippen LogP contribution in [0.5, 0.6) is 0 Å². The first-order valence-electron chi connectivity index (χ1n) is 6.01. The van der Waals surface area contributed by atoms with Crippen LogP contribution >= 0.6 is 11.8 Å². The summed E-state index contributed by atoms with van der Waals surface area (Å²) in [7, 11) is 0. The quantitative estimate of drug-likeness (QED) is 0.886. The van der Waals surface area contributed by atoms with Gasteiger partial charge < -0.3 is 10.7 Å². The minimum absolute atomic E-state index is 0.0521. The Bertz CT molecular complexity index is 520. The summed E-state index contributed by atoms with van der Waals surface area (Å²) < 4.78 is 27.8. The van der Waals surface area contributed by atoms with Gasteiger partial charge in [-0.25, -0.2) is 13.8 Å². The van der Waals surface area contributed by atoms with Gasteiger partial charge in [-0.15, -0.1) is 0 Å². The lowest BCUT2D eigenvalue weighted by Gasteiger charge is -2.10. The zero-order valence-electron chi connectivity index (χ0n) is 10.5. The monoisotopic (exact) mass is 283 g/mol. The highest BCUT2D eigenvalue weighted by molar-refractivity contribution is 7.99. The van der Waals surface area contributed by atoms with E-state index in [0.717, 1.165) is 18.2 Å². The predicted molar refractivity (Wildman–Crippen MR) is 71.0 cm³/mol. The minimum Gasteiger partial charge on any atom is -0.339 e. The molecule has 2 aromatic rings. The molecule has 0 spiro atoms. The van der Waals surface area contributed by atoms with Crippen LogP contribution in [0, 0.1) is 11.6 Å². The van der Waals surface area contributed by atoms with Gasteiger partial charge in [-0.05, 0) is 42.3 Å². The van der Waals surface area contributed by atoms with Crippen molar-refractivity contribution >= 4 is 11.8 Å². The van der Waals surface area contributed by atoms with Gasteiger partial charge in [-0.3, -0.25) is 0 Å². The summed E-state index contributed by atoms with van der Waals surface area (Å²) in [5.74, 6) is -1.17. The molecule has 0 bridgehead atoms. The van der Waals surface area contributed by atoms with Gasteiger partial charge in [0.1, 0.15) is 11.6 Å². The van der Waals surface area contributed by atoms with Crippen LogP contribution in [0.3, 0.4) is 0 Å². The van der Waals surface area contributed by atoms with E-state index in [0.29, 0.717) is 17.1 Å². The third-order valence-corrected chi connectivity index (χ3v) is 3.76. The first kappa shape index (κ1) is 14.0. The Morgan fingerprint density at radius 3 is 2.58 bits per heavy atom. The Labute approximate surface area is 114 Å². The van der Waals surface area contributed by atoms with E-state index in [4.69, 9.17) is 5.73 Å². The van der Waals surface area contributed by atoms with E-state index < -0.39 is 11.6 Å². The maximum absolute atomic E-state index is 13.9. The van der Waals surface area contributed by atoms with Crippen molar-refractivity contribution in [2.75, 3.05) is 0 Å². The third-order valence-electron chi connectivity index (χ3n) is 2.75. The number of benzene rings is 1. The number of imidazole rings is 1. The number of aromatic nitrogens is 2. The number of H-pyrrole nitrogens is 1. The summed E-state index contributed by atoms with van der Waals surface area (Å²) in [5.41, 5.74) is 6.36. The Balaban J connectivity index is 2.22. The van der Waals surface area contributed by atoms with Gasteiger partial charge in [0, 0.05) is 18.4 Å². The van der Waals surface area contributed by atoms with Crippen LogP contribution in [0.25, 0.3) is 0 Å². The number of hydrogen-bond acceptors (Lipinski definition) is 3. The number of rotatable bonds is 5. The van der Waals surface area contributed by atoms with Crippen LogP contribution < -0.4 is 5.73 Å². The molecule has 3 N–H and O–H groups in total. The Morgan fingerprint density at radius 1 is 1.37 bits per heavy atom. The average Bonchev–Trinajstić information content (AvgIpc) is 2.86. The molecule has 1 aromatic carbocycles. The molecule has 1 atom stereocenters. The summed E-state index contributed by atoms with van der Waals surface area (Å²) in [6.07, 6.45) is 4.38. The Morgan fingerprint density at radius 2 is 2.05 bits per heavy atom. The van der Waals surface area contributed by atoms with E-state index in [-0.39, 0.29) is 10.9 Å². The summed E-state index contributed by atoms with van der Waals surface area (Å²) >= 11 is 0.933. The number of nitrogens with two attached hydrogens (primary N) is 1. The third kappa shape index (κ3) is 3.54. The zero-order valence-corrected chi connectivity index (χ0v) is 11.3. The van der Waals surface area contributed by atoms with Gasteiger partial charge in [0.05, 0.1) is 4.90 Å². The maximum atomic E-state index is 13.9. The molecule has 0 radical (unpaired) electrons. The van der Waals surface area contributed by atoms with Crippen molar-refractivity contribution in [1.29, 1.82) is 0 Å². The van der Waals surface area contributed by atoms with Gasteiger partial charge in [0.25, 0.3) is 0 Å². The van der Waals surface area contributed by atoms with E-state index in [1.165, 1.54) is 18.3 Å². The fourth-order valence-electron chi connectivity index (χ4n) is 1.68. The summed E-state index contributed by atoms with van der Waals surface area (Å²) in [6.45, 7) is 1.94. The van der Waals surface area contributed by atoms with Gasteiger partial charge in [-0.2, -0.15) is 0 Å². The number of nitrogens with one attached hydrogen (secondary N) is 1. The molecule has 0 fully saturated rings. The molecule has 19 heavy (non-hydrogen) atoms. The van der Waals surface area contributed by atoms with Crippen LogP contribution in [-0.2, 0) is 6.42 Å². The number of halogens is 2. The summed E-state index contributed by atoms with van der Waals surface area (Å²) in [6, 6.07) is 2.59. The Kier molecular flexibility index (Phi) is 4.55. The molecule has 0 amide bonds. The van der Waals surface area contributed by atoms with Crippen molar-refractivity contribution in [3.05, 3.63) is 41.7 Å². The molecular weight excluding hydrogens is 268 g/mol. The van der Waals surface area contributed by atoms with Crippen LogP contribution in [0.1, 0.15) is 18.9 Å². The van der Waals surface area contributed by atoms with E-state index in [2.05, 4.69) is 9.97 Å². The highest BCUT2D eigenvalue weighted by Crippen LogP contribution is 2.30. The highest BCUT2D eigenvalue weighted by Gasteiger charge is 2.14. The second kappa shape index (κ2) is 6.16. The van der Waals surface area contributed by atoms with Crippen molar-refractivity contribution in [3.8, 4) is 0 Å². The zero-order chi connectivity index (χ0) is 13.8. The van der Waals surface area contributed by atoms with Crippen molar-refractivity contribution in [2.24, 2.45) is 5.73 Å². The molecule has 1 heterocycles. The van der Waals surface area contributed by atoms with Crippen molar-refractivity contribution < 1.29 is 8.78 Å². The Hall–Kier alpha value is -1.40. The molecule has 0 saturated heterocycles. The molecule has 0 aliphatic rings. The lowest BCUT2D eigenvalue weighted by molar-refractivity contribution is 0.533. The summed E-state index contributed by atoms with van der Waals surface area (Å²) in [4.78, 5) is 6.67. The van der Waals surface area contributed by atoms with Crippen molar-refractivity contribution in [2.45, 2.75) is 35.9 Å². The smallest absolute Gasteiger partial charge is 0.170 e. The molecule has 2 rings (SSSR count). The van der Waals surface area contributed by atoms with Crippen LogP contribution in [0.4, 0.5) is 8.78 Å². The van der Waals surface area contributed by atoms with Crippen LogP contribution in [-0.4, -0.2) is 16.0 Å². The number of hydrogen-bond donors (Lipinski definition) is 2. The second-order valence-electron chi connectivity index (χ2n) is 4.26. The van der Waals surface area contributed by atoms with Crippen molar-refractivity contribution in [3.63, 3.8) is 0 Å². The molecule has 6 heteroatoms. The normalized spacial score (nSPS) is 12.6. The fraction of sp³-hybridized carbons (Fsp3) is 0.308. The number of nitrogens with zero attached hydrogens (tertiary/aromatic N) is 1. The molecule has 1 aromatic heterocycles. The van der Waals surface area contributed by atoms with Gasteiger partial charge in [0.2, 0.25) is 0 Å². The second-order valence-corrected chi connectivity index (χ2v) is 5.26. The minimum atomic E-state index is -0.584. The molecule has 0 aliphatic carbocycles. The molecular formula is C13H15F2N3S.